The van der Waals surface area contributed by atoms with Crippen LogP contribution in [0.15, 0.2) is 24.3 Å². The molecule has 0 unspecified atom stereocenters. The second kappa shape index (κ2) is 4.71. The van der Waals surface area contributed by atoms with E-state index in [4.69, 9.17) is 5.73 Å². The number of fused-ring (bicyclic) bond motifs is 1. The van der Waals surface area contributed by atoms with Crippen LogP contribution in [0, 0.1) is 0 Å². The normalized spacial score (nSPS) is 16.5. The van der Waals surface area contributed by atoms with Crippen molar-refractivity contribution in [2.75, 3.05) is 29.4 Å². The largest absolute Gasteiger partial charge is 0.366 e. The van der Waals surface area contributed by atoms with Gasteiger partial charge in [-0.15, -0.1) is 0 Å². The molecule has 0 atom stereocenters. The van der Waals surface area contributed by atoms with Crippen molar-refractivity contribution >= 4 is 11.4 Å². The summed E-state index contributed by atoms with van der Waals surface area (Å²) in [5, 5.41) is 0. The first-order valence-electron chi connectivity index (χ1n) is 7.09. The summed E-state index contributed by atoms with van der Waals surface area (Å²) in [4.78, 5) is 4.90. The minimum Gasteiger partial charge on any atom is -0.366 e. The number of benzene rings is 1. The molecule has 2 N–H and O–H groups in total. The van der Waals surface area contributed by atoms with Gasteiger partial charge in [-0.2, -0.15) is 0 Å². The monoisotopic (exact) mass is 261 g/mol. The standard InChI is InChI=1S/C16H27N3/c1-15(2,3)19-11-10-18(12-16(4,5)17)13-8-6-7-9-14(13)19/h6-9H,10-12,17H2,1-5H3. The van der Waals surface area contributed by atoms with Crippen LogP contribution in [0.2, 0.25) is 0 Å². The van der Waals surface area contributed by atoms with Gasteiger partial charge in [0.25, 0.3) is 0 Å². The first-order valence-corrected chi connectivity index (χ1v) is 7.09. The number of hydrogen-bond donors (Lipinski definition) is 1. The van der Waals surface area contributed by atoms with E-state index < -0.39 is 0 Å². The van der Waals surface area contributed by atoms with Crippen molar-refractivity contribution < 1.29 is 0 Å². The highest BCUT2D eigenvalue weighted by Gasteiger charge is 2.30. The molecule has 1 aromatic carbocycles. The highest BCUT2D eigenvalue weighted by Crippen LogP contribution is 2.37. The summed E-state index contributed by atoms with van der Waals surface area (Å²) in [6, 6.07) is 8.66. The molecule has 0 saturated heterocycles. The number of para-hydroxylation sites is 2. The van der Waals surface area contributed by atoms with Gasteiger partial charge in [-0.25, -0.2) is 0 Å². The van der Waals surface area contributed by atoms with Gasteiger partial charge in [-0.05, 0) is 46.8 Å². The minimum absolute atomic E-state index is 0.153. The number of rotatable bonds is 2. The zero-order valence-electron chi connectivity index (χ0n) is 12.9. The molecule has 0 radical (unpaired) electrons. The van der Waals surface area contributed by atoms with Gasteiger partial charge in [0.1, 0.15) is 0 Å². The van der Waals surface area contributed by atoms with Crippen molar-refractivity contribution in [2.45, 2.75) is 45.7 Å². The van der Waals surface area contributed by atoms with Crippen LogP contribution in [0.4, 0.5) is 11.4 Å². The van der Waals surface area contributed by atoms with E-state index in [1.807, 2.05) is 0 Å². The maximum Gasteiger partial charge on any atom is 0.0609 e. The van der Waals surface area contributed by atoms with Gasteiger partial charge in [0.05, 0.1) is 11.4 Å². The fourth-order valence-corrected chi connectivity index (χ4v) is 2.77. The highest BCUT2D eigenvalue weighted by atomic mass is 15.3. The molecule has 1 aromatic rings. The fraction of sp³-hybridized carbons (Fsp3) is 0.625. The molecule has 0 aliphatic carbocycles. The van der Waals surface area contributed by atoms with E-state index in [0.29, 0.717) is 0 Å². The van der Waals surface area contributed by atoms with Crippen LogP contribution in [0.1, 0.15) is 34.6 Å². The molecule has 106 valence electrons. The molecule has 1 aliphatic heterocycles. The van der Waals surface area contributed by atoms with Gasteiger partial charge >= 0.3 is 0 Å². The second-order valence-corrected chi connectivity index (χ2v) is 7.22. The van der Waals surface area contributed by atoms with Gasteiger partial charge in [0.2, 0.25) is 0 Å². The summed E-state index contributed by atoms with van der Waals surface area (Å²) in [6.45, 7) is 14.0. The average molecular weight is 261 g/mol. The van der Waals surface area contributed by atoms with Gasteiger partial charge < -0.3 is 15.5 Å². The van der Waals surface area contributed by atoms with Crippen LogP contribution in [0.5, 0.6) is 0 Å². The predicted molar refractivity (Wildman–Crippen MR) is 84.0 cm³/mol. The first-order chi connectivity index (χ1) is 8.68. The van der Waals surface area contributed by atoms with Gasteiger partial charge in [-0.1, -0.05) is 12.1 Å². The lowest BCUT2D eigenvalue weighted by atomic mass is 10.00. The molecule has 1 heterocycles. The second-order valence-electron chi connectivity index (χ2n) is 7.22. The summed E-state index contributed by atoms with van der Waals surface area (Å²) in [6.07, 6.45) is 0. The number of nitrogens with two attached hydrogens (primary N) is 1. The topological polar surface area (TPSA) is 32.5 Å². The van der Waals surface area contributed by atoms with E-state index in [-0.39, 0.29) is 11.1 Å². The predicted octanol–water partition coefficient (Wildman–Crippen LogP) is 2.85. The molecule has 0 spiro atoms. The molecule has 3 heteroatoms. The van der Waals surface area contributed by atoms with E-state index in [0.717, 1.165) is 19.6 Å². The SMILES string of the molecule is CC(C)(N)CN1CCN(C(C)(C)C)c2ccccc21. The molecule has 0 saturated carbocycles. The van der Waals surface area contributed by atoms with E-state index in [1.54, 1.807) is 0 Å². The number of anilines is 2. The van der Waals surface area contributed by atoms with Crippen molar-refractivity contribution in [3.05, 3.63) is 24.3 Å². The van der Waals surface area contributed by atoms with Crippen molar-refractivity contribution in [3.8, 4) is 0 Å². The molecule has 0 aromatic heterocycles. The molecule has 19 heavy (non-hydrogen) atoms. The maximum absolute atomic E-state index is 6.19. The Morgan fingerprint density at radius 1 is 1.00 bits per heavy atom. The third kappa shape index (κ3) is 3.21. The van der Waals surface area contributed by atoms with E-state index in [1.165, 1.54) is 11.4 Å². The van der Waals surface area contributed by atoms with Crippen LogP contribution >= 0.6 is 0 Å². The lowest BCUT2D eigenvalue weighted by molar-refractivity contribution is 0.466. The zero-order valence-corrected chi connectivity index (χ0v) is 12.9. The first kappa shape index (κ1) is 14.2. The molecule has 0 amide bonds. The molecule has 2 rings (SSSR count). The average Bonchev–Trinajstić information content (AvgIpc) is 2.25. The lowest BCUT2D eigenvalue weighted by Crippen LogP contribution is -2.53. The van der Waals surface area contributed by atoms with E-state index >= 15 is 0 Å². The summed E-state index contributed by atoms with van der Waals surface area (Å²) >= 11 is 0. The Morgan fingerprint density at radius 2 is 1.58 bits per heavy atom. The lowest BCUT2D eigenvalue weighted by Gasteiger charge is -2.46. The summed E-state index contributed by atoms with van der Waals surface area (Å²) in [5.74, 6) is 0. The zero-order chi connectivity index (χ0) is 14.3. The van der Waals surface area contributed by atoms with Crippen LogP contribution in [0.25, 0.3) is 0 Å². The minimum atomic E-state index is -0.170. The Morgan fingerprint density at radius 3 is 2.11 bits per heavy atom. The van der Waals surface area contributed by atoms with Gasteiger partial charge in [0, 0.05) is 30.7 Å². The number of hydrogen-bond acceptors (Lipinski definition) is 3. The van der Waals surface area contributed by atoms with E-state index in [2.05, 4.69) is 68.7 Å². The summed E-state index contributed by atoms with van der Waals surface area (Å²) < 4.78 is 0. The van der Waals surface area contributed by atoms with E-state index in [9.17, 15) is 0 Å². The molecule has 3 nitrogen and oxygen atoms in total. The Kier molecular flexibility index (Phi) is 3.52. The van der Waals surface area contributed by atoms with Gasteiger partial charge in [0.15, 0.2) is 0 Å². The van der Waals surface area contributed by atoms with Gasteiger partial charge in [-0.3, -0.25) is 0 Å². The van der Waals surface area contributed by atoms with Crippen molar-refractivity contribution in [1.29, 1.82) is 0 Å². The Bertz CT molecular complexity index is 440. The summed E-state index contributed by atoms with van der Waals surface area (Å²) in [7, 11) is 0. The molecular formula is C16H27N3. The molecule has 0 bridgehead atoms. The molecular weight excluding hydrogens is 234 g/mol. The summed E-state index contributed by atoms with van der Waals surface area (Å²) in [5.41, 5.74) is 8.80. The highest BCUT2D eigenvalue weighted by molar-refractivity contribution is 5.74. The third-order valence-corrected chi connectivity index (χ3v) is 3.51. The van der Waals surface area contributed by atoms with Crippen LogP contribution < -0.4 is 15.5 Å². The van der Waals surface area contributed by atoms with Crippen LogP contribution in [-0.4, -0.2) is 30.7 Å². The number of nitrogens with zero attached hydrogens (tertiary/aromatic N) is 2. The Balaban J connectivity index is 2.35. The van der Waals surface area contributed by atoms with Crippen molar-refractivity contribution in [2.24, 2.45) is 5.73 Å². The Hall–Kier alpha value is -1.22. The Labute approximate surface area is 117 Å². The van der Waals surface area contributed by atoms with Crippen LogP contribution in [-0.2, 0) is 0 Å². The fourth-order valence-electron chi connectivity index (χ4n) is 2.77. The molecule has 1 aliphatic rings. The molecule has 0 fully saturated rings. The van der Waals surface area contributed by atoms with Crippen molar-refractivity contribution in [1.82, 2.24) is 0 Å². The maximum atomic E-state index is 6.19. The van der Waals surface area contributed by atoms with Crippen molar-refractivity contribution in [3.63, 3.8) is 0 Å². The quantitative estimate of drug-likeness (QED) is 0.888. The van der Waals surface area contributed by atoms with Crippen LogP contribution in [0.3, 0.4) is 0 Å². The smallest absolute Gasteiger partial charge is 0.0609 e. The third-order valence-electron chi connectivity index (χ3n) is 3.51.